The summed E-state index contributed by atoms with van der Waals surface area (Å²) < 4.78 is 6.70. The standard InChI is InChI=1S/C20H21BrN2O2S/c1-14(2)7-8-25-19-6-5-17(21)11-15(19)10-16(12-22)20(24)23-13-18-4-3-9-26-18/h3-6,9-11,14H,7-8,13H2,1-2H3,(H,23,24). The minimum atomic E-state index is -0.394. The molecule has 0 fully saturated rings. The summed E-state index contributed by atoms with van der Waals surface area (Å²) in [7, 11) is 0. The van der Waals surface area contributed by atoms with E-state index >= 15 is 0 Å². The molecule has 0 aliphatic rings. The predicted octanol–water partition coefficient (Wildman–Crippen LogP) is 5.16. The number of nitriles is 1. The Bertz CT molecular complexity index is 808. The highest BCUT2D eigenvalue weighted by Crippen LogP contribution is 2.26. The van der Waals surface area contributed by atoms with Crippen molar-refractivity contribution in [2.45, 2.75) is 26.8 Å². The molecule has 1 aromatic heterocycles. The summed E-state index contributed by atoms with van der Waals surface area (Å²) in [5.41, 5.74) is 0.749. The second kappa shape index (κ2) is 10.1. The lowest BCUT2D eigenvalue weighted by atomic mass is 10.1. The Morgan fingerprint density at radius 2 is 2.23 bits per heavy atom. The molecule has 2 rings (SSSR count). The average Bonchev–Trinajstić information content (AvgIpc) is 3.12. The number of rotatable bonds is 8. The van der Waals surface area contributed by atoms with Crippen LogP contribution in [0.15, 0.2) is 45.8 Å². The van der Waals surface area contributed by atoms with Crippen LogP contribution in [0.3, 0.4) is 0 Å². The first kappa shape index (κ1) is 20.2. The van der Waals surface area contributed by atoms with Gasteiger partial charge in [0, 0.05) is 14.9 Å². The summed E-state index contributed by atoms with van der Waals surface area (Å²) in [4.78, 5) is 13.4. The van der Waals surface area contributed by atoms with Crippen LogP contribution in [0.4, 0.5) is 0 Å². The Kier molecular flexibility index (Phi) is 7.89. The molecule has 0 spiro atoms. The maximum atomic E-state index is 12.3. The lowest BCUT2D eigenvalue weighted by Gasteiger charge is -2.11. The van der Waals surface area contributed by atoms with Crippen molar-refractivity contribution in [2.75, 3.05) is 6.61 Å². The molecule has 0 saturated carbocycles. The molecule has 0 radical (unpaired) electrons. The largest absolute Gasteiger partial charge is 0.493 e. The molecule has 1 amide bonds. The van der Waals surface area contributed by atoms with Crippen molar-refractivity contribution in [3.63, 3.8) is 0 Å². The van der Waals surface area contributed by atoms with Gasteiger partial charge < -0.3 is 10.1 Å². The Morgan fingerprint density at radius 1 is 1.42 bits per heavy atom. The zero-order chi connectivity index (χ0) is 18.9. The molecule has 0 aliphatic carbocycles. The normalized spacial score (nSPS) is 11.3. The number of amides is 1. The lowest BCUT2D eigenvalue weighted by molar-refractivity contribution is -0.117. The van der Waals surface area contributed by atoms with Crippen LogP contribution in [0.5, 0.6) is 5.75 Å². The molecule has 0 bridgehead atoms. The maximum absolute atomic E-state index is 12.3. The van der Waals surface area contributed by atoms with Crippen LogP contribution >= 0.6 is 27.3 Å². The van der Waals surface area contributed by atoms with Crippen molar-refractivity contribution in [1.82, 2.24) is 5.32 Å². The smallest absolute Gasteiger partial charge is 0.262 e. The van der Waals surface area contributed by atoms with Gasteiger partial charge >= 0.3 is 0 Å². The number of benzene rings is 1. The topological polar surface area (TPSA) is 62.1 Å². The van der Waals surface area contributed by atoms with E-state index in [2.05, 4.69) is 35.1 Å². The van der Waals surface area contributed by atoms with Gasteiger partial charge in [0.2, 0.25) is 0 Å². The molecule has 0 unspecified atom stereocenters. The summed E-state index contributed by atoms with van der Waals surface area (Å²) in [6.45, 7) is 5.27. The fraction of sp³-hybridized carbons (Fsp3) is 0.300. The van der Waals surface area contributed by atoms with Crippen LogP contribution in [-0.4, -0.2) is 12.5 Å². The van der Waals surface area contributed by atoms with Crippen LogP contribution in [0, 0.1) is 17.2 Å². The van der Waals surface area contributed by atoms with E-state index in [-0.39, 0.29) is 5.57 Å². The van der Waals surface area contributed by atoms with Gasteiger partial charge in [-0.2, -0.15) is 5.26 Å². The van der Waals surface area contributed by atoms with Crippen LogP contribution in [0.1, 0.15) is 30.7 Å². The Morgan fingerprint density at radius 3 is 2.88 bits per heavy atom. The highest BCUT2D eigenvalue weighted by Gasteiger charge is 2.12. The number of carbonyl (C=O) groups is 1. The van der Waals surface area contributed by atoms with E-state index < -0.39 is 5.91 Å². The summed E-state index contributed by atoms with van der Waals surface area (Å²) >= 11 is 4.99. The minimum absolute atomic E-state index is 0.0494. The van der Waals surface area contributed by atoms with Crippen LogP contribution in [-0.2, 0) is 11.3 Å². The molecule has 1 aromatic carbocycles. The first-order chi connectivity index (χ1) is 12.5. The molecule has 6 heteroatoms. The highest BCUT2D eigenvalue weighted by atomic mass is 79.9. The quantitative estimate of drug-likeness (QED) is 0.462. The molecular weight excluding hydrogens is 412 g/mol. The summed E-state index contributed by atoms with van der Waals surface area (Å²) in [5.74, 6) is 0.809. The number of thiophene rings is 1. The molecule has 0 atom stereocenters. The average molecular weight is 433 g/mol. The maximum Gasteiger partial charge on any atom is 0.262 e. The monoisotopic (exact) mass is 432 g/mol. The third kappa shape index (κ3) is 6.32. The zero-order valence-corrected chi connectivity index (χ0v) is 17.2. The van der Waals surface area contributed by atoms with Crippen molar-refractivity contribution in [3.8, 4) is 11.8 Å². The summed E-state index contributed by atoms with van der Waals surface area (Å²) in [5, 5.41) is 14.1. The molecule has 4 nitrogen and oxygen atoms in total. The SMILES string of the molecule is CC(C)CCOc1ccc(Br)cc1C=C(C#N)C(=O)NCc1cccs1. The number of nitrogens with one attached hydrogen (secondary N) is 1. The number of halogens is 1. The fourth-order valence-corrected chi connectivity index (χ4v) is 3.17. The van der Waals surface area contributed by atoms with Crippen molar-refractivity contribution in [2.24, 2.45) is 5.92 Å². The first-order valence-corrected chi connectivity index (χ1v) is 10.0. The Balaban J connectivity index is 2.14. The molecular formula is C20H21BrN2O2S. The van der Waals surface area contributed by atoms with E-state index in [4.69, 9.17) is 4.74 Å². The minimum Gasteiger partial charge on any atom is -0.493 e. The number of ether oxygens (including phenoxy) is 1. The fourth-order valence-electron chi connectivity index (χ4n) is 2.15. The van der Waals surface area contributed by atoms with E-state index in [0.29, 0.717) is 30.4 Å². The van der Waals surface area contributed by atoms with Crippen LogP contribution in [0.2, 0.25) is 0 Å². The van der Waals surface area contributed by atoms with Gasteiger partial charge in [0.1, 0.15) is 17.4 Å². The van der Waals surface area contributed by atoms with E-state index in [1.54, 1.807) is 17.4 Å². The molecule has 0 saturated heterocycles. The lowest BCUT2D eigenvalue weighted by Crippen LogP contribution is -2.23. The highest BCUT2D eigenvalue weighted by molar-refractivity contribution is 9.10. The van der Waals surface area contributed by atoms with Gasteiger partial charge in [-0.1, -0.05) is 35.8 Å². The van der Waals surface area contributed by atoms with E-state index in [1.165, 1.54) is 0 Å². The van der Waals surface area contributed by atoms with Crippen LogP contribution < -0.4 is 10.1 Å². The van der Waals surface area contributed by atoms with E-state index in [1.807, 2.05) is 41.8 Å². The molecule has 136 valence electrons. The van der Waals surface area contributed by atoms with Crippen molar-refractivity contribution < 1.29 is 9.53 Å². The van der Waals surface area contributed by atoms with Gasteiger partial charge in [-0.15, -0.1) is 11.3 Å². The van der Waals surface area contributed by atoms with E-state index in [0.717, 1.165) is 15.8 Å². The zero-order valence-electron chi connectivity index (χ0n) is 14.8. The number of nitrogens with zero attached hydrogens (tertiary/aromatic N) is 1. The number of carbonyl (C=O) groups excluding carboxylic acids is 1. The summed E-state index contributed by atoms with van der Waals surface area (Å²) in [6.07, 6.45) is 2.50. The van der Waals surface area contributed by atoms with Gasteiger partial charge in [-0.3, -0.25) is 4.79 Å². The summed E-state index contributed by atoms with van der Waals surface area (Å²) in [6, 6.07) is 11.4. The van der Waals surface area contributed by atoms with Gasteiger partial charge in [0.05, 0.1) is 13.2 Å². The number of hydrogen-bond acceptors (Lipinski definition) is 4. The third-order valence-electron chi connectivity index (χ3n) is 3.59. The van der Waals surface area contributed by atoms with Gasteiger partial charge in [-0.05, 0) is 48.1 Å². The van der Waals surface area contributed by atoms with Gasteiger partial charge in [0.25, 0.3) is 5.91 Å². The second-order valence-electron chi connectivity index (χ2n) is 6.14. The molecule has 0 aliphatic heterocycles. The van der Waals surface area contributed by atoms with Crippen molar-refractivity contribution >= 4 is 39.2 Å². The molecule has 1 N–H and O–H groups in total. The molecule has 1 heterocycles. The first-order valence-electron chi connectivity index (χ1n) is 8.34. The second-order valence-corrected chi connectivity index (χ2v) is 8.09. The molecule has 2 aromatic rings. The van der Waals surface area contributed by atoms with Crippen molar-refractivity contribution in [1.29, 1.82) is 5.26 Å². The third-order valence-corrected chi connectivity index (χ3v) is 4.96. The van der Waals surface area contributed by atoms with Gasteiger partial charge in [0.15, 0.2) is 0 Å². The Labute approximate surface area is 166 Å². The number of hydrogen-bond donors (Lipinski definition) is 1. The van der Waals surface area contributed by atoms with E-state index in [9.17, 15) is 10.1 Å². The predicted molar refractivity (Wildman–Crippen MR) is 109 cm³/mol. The van der Waals surface area contributed by atoms with Crippen molar-refractivity contribution in [3.05, 3.63) is 56.2 Å². The molecule has 26 heavy (non-hydrogen) atoms. The Hall–Kier alpha value is -2.10. The van der Waals surface area contributed by atoms with Gasteiger partial charge in [-0.25, -0.2) is 0 Å². The van der Waals surface area contributed by atoms with Crippen LogP contribution in [0.25, 0.3) is 6.08 Å².